The molecule has 0 spiro atoms. The number of carboxylic acids is 1. The molecule has 1 aromatic carbocycles. The number of nitrogens with zero attached hydrogens (tertiary/aromatic N) is 1. The van der Waals surface area contributed by atoms with Gasteiger partial charge in [-0.2, -0.15) is 0 Å². The quantitative estimate of drug-likeness (QED) is 0.925. The van der Waals surface area contributed by atoms with Crippen LogP contribution in [-0.2, 0) is 4.79 Å². The SMILES string of the molecule is Cc1ccc(C(=O)O)c(OCC(=O)N2CCCCC2C)c1. The van der Waals surface area contributed by atoms with Crippen LogP contribution in [0, 0.1) is 6.92 Å². The molecule has 0 radical (unpaired) electrons. The van der Waals surface area contributed by atoms with Crippen molar-refractivity contribution in [2.45, 2.75) is 39.2 Å². The summed E-state index contributed by atoms with van der Waals surface area (Å²) in [6, 6.07) is 5.09. The Bertz CT molecular complexity index is 541. The van der Waals surface area contributed by atoms with Crippen LogP contribution in [0.25, 0.3) is 0 Å². The number of piperidine rings is 1. The summed E-state index contributed by atoms with van der Waals surface area (Å²) in [6.45, 7) is 4.52. The number of carbonyl (C=O) groups is 2. The Labute approximate surface area is 124 Å². The molecule has 2 rings (SSSR count). The highest BCUT2D eigenvalue weighted by Gasteiger charge is 2.23. The number of likely N-dealkylation sites (tertiary alicyclic amines) is 1. The molecule has 0 bridgehead atoms. The summed E-state index contributed by atoms with van der Waals surface area (Å²) in [5.41, 5.74) is 0.980. The maximum absolute atomic E-state index is 12.2. The van der Waals surface area contributed by atoms with E-state index in [0.29, 0.717) is 0 Å². The van der Waals surface area contributed by atoms with Gasteiger partial charge in [-0.1, -0.05) is 6.07 Å². The van der Waals surface area contributed by atoms with E-state index in [0.717, 1.165) is 31.4 Å². The van der Waals surface area contributed by atoms with Gasteiger partial charge in [0.15, 0.2) is 6.61 Å². The highest BCUT2D eigenvalue weighted by Crippen LogP contribution is 2.21. The van der Waals surface area contributed by atoms with Gasteiger partial charge >= 0.3 is 5.97 Å². The minimum absolute atomic E-state index is 0.0833. The smallest absolute Gasteiger partial charge is 0.339 e. The number of carboxylic acid groups (broad SMARTS) is 1. The van der Waals surface area contributed by atoms with Crippen LogP contribution >= 0.6 is 0 Å². The molecule has 21 heavy (non-hydrogen) atoms. The fourth-order valence-electron chi connectivity index (χ4n) is 2.62. The summed E-state index contributed by atoms with van der Waals surface area (Å²) >= 11 is 0. The van der Waals surface area contributed by atoms with Gasteiger partial charge in [-0.3, -0.25) is 4.79 Å². The molecule has 1 aromatic rings. The number of hydrogen-bond donors (Lipinski definition) is 1. The first-order valence-corrected chi connectivity index (χ1v) is 7.25. The third-order valence-corrected chi connectivity index (χ3v) is 3.84. The van der Waals surface area contributed by atoms with Crippen LogP contribution in [0.3, 0.4) is 0 Å². The second-order valence-corrected chi connectivity index (χ2v) is 5.53. The molecule has 0 aliphatic carbocycles. The summed E-state index contributed by atoms with van der Waals surface area (Å²) in [5.74, 6) is -0.885. The van der Waals surface area contributed by atoms with Crippen molar-refractivity contribution in [3.05, 3.63) is 29.3 Å². The van der Waals surface area contributed by atoms with Gasteiger partial charge < -0.3 is 14.7 Å². The number of hydrogen-bond acceptors (Lipinski definition) is 3. The summed E-state index contributed by atoms with van der Waals surface area (Å²) in [5, 5.41) is 9.14. The van der Waals surface area contributed by atoms with Gasteiger partial charge in [0.2, 0.25) is 0 Å². The van der Waals surface area contributed by atoms with E-state index in [1.165, 1.54) is 6.07 Å². The van der Waals surface area contributed by atoms with E-state index in [1.807, 2.05) is 18.7 Å². The van der Waals surface area contributed by atoms with Crippen molar-refractivity contribution in [1.29, 1.82) is 0 Å². The molecule has 1 aliphatic heterocycles. The van der Waals surface area contributed by atoms with Gasteiger partial charge in [-0.05, 0) is 50.8 Å². The van der Waals surface area contributed by atoms with Gasteiger partial charge in [0.25, 0.3) is 5.91 Å². The predicted molar refractivity (Wildman–Crippen MR) is 78.7 cm³/mol. The zero-order valence-corrected chi connectivity index (χ0v) is 12.5. The van der Waals surface area contributed by atoms with Crippen LogP contribution in [0.5, 0.6) is 5.75 Å². The van der Waals surface area contributed by atoms with Crippen LogP contribution in [0.4, 0.5) is 0 Å². The zero-order valence-electron chi connectivity index (χ0n) is 12.5. The lowest BCUT2D eigenvalue weighted by Crippen LogP contribution is -2.44. The van der Waals surface area contributed by atoms with Crippen molar-refractivity contribution in [1.82, 2.24) is 4.90 Å². The molecule has 0 saturated carbocycles. The van der Waals surface area contributed by atoms with E-state index >= 15 is 0 Å². The van der Waals surface area contributed by atoms with Crippen LogP contribution in [-0.4, -0.2) is 41.1 Å². The first-order valence-electron chi connectivity index (χ1n) is 7.25. The lowest BCUT2D eigenvalue weighted by atomic mass is 10.0. The molecule has 0 aromatic heterocycles. The van der Waals surface area contributed by atoms with E-state index in [9.17, 15) is 9.59 Å². The summed E-state index contributed by atoms with van der Waals surface area (Å²) < 4.78 is 5.47. The van der Waals surface area contributed by atoms with Crippen molar-refractivity contribution in [3.8, 4) is 5.75 Å². The van der Waals surface area contributed by atoms with E-state index < -0.39 is 5.97 Å². The molecular formula is C16H21NO4. The second-order valence-electron chi connectivity index (χ2n) is 5.53. The Morgan fingerprint density at radius 3 is 2.81 bits per heavy atom. The van der Waals surface area contributed by atoms with Crippen molar-refractivity contribution in [2.75, 3.05) is 13.2 Å². The number of amides is 1. The Morgan fingerprint density at radius 2 is 2.14 bits per heavy atom. The van der Waals surface area contributed by atoms with Gasteiger partial charge in [-0.25, -0.2) is 4.79 Å². The van der Waals surface area contributed by atoms with E-state index in [-0.39, 0.29) is 29.9 Å². The largest absolute Gasteiger partial charge is 0.483 e. The van der Waals surface area contributed by atoms with Crippen molar-refractivity contribution in [3.63, 3.8) is 0 Å². The number of rotatable bonds is 4. The molecule has 1 fully saturated rings. The fraction of sp³-hybridized carbons (Fsp3) is 0.500. The standard InChI is InChI=1S/C16H21NO4/c1-11-6-7-13(16(19)20)14(9-11)21-10-15(18)17-8-4-3-5-12(17)2/h6-7,9,12H,3-5,8,10H2,1-2H3,(H,19,20). The van der Waals surface area contributed by atoms with Gasteiger partial charge in [-0.15, -0.1) is 0 Å². The molecule has 1 unspecified atom stereocenters. The maximum Gasteiger partial charge on any atom is 0.339 e. The first-order chi connectivity index (χ1) is 9.99. The fourth-order valence-corrected chi connectivity index (χ4v) is 2.62. The zero-order chi connectivity index (χ0) is 15.4. The Hall–Kier alpha value is -2.04. The van der Waals surface area contributed by atoms with Crippen molar-refractivity contribution >= 4 is 11.9 Å². The average molecular weight is 291 g/mol. The molecule has 5 nitrogen and oxygen atoms in total. The van der Waals surface area contributed by atoms with Gasteiger partial charge in [0.1, 0.15) is 11.3 Å². The monoisotopic (exact) mass is 291 g/mol. The normalized spacial score (nSPS) is 18.4. The molecule has 1 aliphatic rings. The van der Waals surface area contributed by atoms with Crippen LogP contribution in [0.2, 0.25) is 0 Å². The molecule has 114 valence electrons. The minimum Gasteiger partial charge on any atom is -0.483 e. The van der Waals surface area contributed by atoms with Crippen LogP contribution in [0.15, 0.2) is 18.2 Å². The lowest BCUT2D eigenvalue weighted by molar-refractivity contribution is -0.136. The highest BCUT2D eigenvalue weighted by atomic mass is 16.5. The van der Waals surface area contributed by atoms with E-state index in [2.05, 4.69) is 0 Å². The van der Waals surface area contributed by atoms with Gasteiger partial charge in [0.05, 0.1) is 0 Å². The number of aromatic carboxylic acids is 1. The molecular weight excluding hydrogens is 270 g/mol. The molecule has 5 heteroatoms. The predicted octanol–water partition coefficient (Wildman–Crippen LogP) is 2.47. The molecule has 1 saturated heterocycles. The average Bonchev–Trinajstić information content (AvgIpc) is 2.45. The third-order valence-electron chi connectivity index (χ3n) is 3.84. The summed E-state index contributed by atoms with van der Waals surface area (Å²) in [6.07, 6.45) is 3.17. The summed E-state index contributed by atoms with van der Waals surface area (Å²) in [4.78, 5) is 25.2. The number of aryl methyl sites for hydroxylation is 1. The molecule has 1 heterocycles. The Morgan fingerprint density at radius 1 is 1.38 bits per heavy atom. The minimum atomic E-state index is -1.05. The molecule has 1 N–H and O–H groups in total. The number of carbonyl (C=O) groups excluding carboxylic acids is 1. The second kappa shape index (κ2) is 6.61. The maximum atomic E-state index is 12.2. The van der Waals surface area contributed by atoms with E-state index in [1.54, 1.807) is 12.1 Å². The highest BCUT2D eigenvalue weighted by molar-refractivity contribution is 5.91. The summed E-state index contributed by atoms with van der Waals surface area (Å²) in [7, 11) is 0. The molecule has 1 amide bonds. The van der Waals surface area contributed by atoms with Crippen molar-refractivity contribution < 1.29 is 19.4 Å². The van der Waals surface area contributed by atoms with Crippen LogP contribution in [0.1, 0.15) is 42.1 Å². The topological polar surface area (TPSA) is 66.8 Å². The van der Waals surface area contributed by atoms with Gasteiger partial charge in [0, 0.05) is 12.6 Å². The first kappa shape index (κ1) is 15.4. The van der Waals surface area contributed by atoms with Crippen LogP contribution < -0.4 is 4.74 Å². The Kier molecular flexibility index (Phi) is 4.83. The number of benzene rings is 1. The van der Waals surface area contributed by atoms with E-state index in [4.69, 9.17) is 9.84 Å². The lowest BCUT2D eigenvalue weighted by Gasteiger charge is -2.33. The number of ether oxygens (including phenoxy) is 1. The van der Waals surface area contributed by atoms with Crippen molar-refractivity contribution in [2.24, 2.45) is 0 Å². The Balaban J connectivity index is 2.04. The molecule has 1 atom stereocenters. The third kappa shape index (κ3) is 3.74.